The van der Waals surface area contributed by atoms with Crippen LogP contribution >= 0.6 is 0 Å². The van der Waals surface area contributed by atoms with Crippen LogP contribution in [0.15, 0.2) is 18.2 Å². The number of rotatable bonds is 4. The number of nitrogens with zero attached hydrogens (tertiary/aromatic N) is 1. The summed E-state index contributed by atoms with van der Waals surface area (Å²) >= 11 is 0. The summed E-state index contributed by atoms with van der Waals surface area (Å²) in [6.45, 7) is 8.16. The second-order valence-electron chi connectivity index (χ2n) is 5.74. The maximum atomic E-state index is 8.88. The van der Waals surface area contributed by atoms with E-state index in [-0.39, 0.29) is 17.6 Å². The first kappa shape index (κ1) is 15.3. The number of methoxy groups -OCH3 is 1. The first-order valence-electron chi connectivity index (χ1n) is 6.30. The molecule has 2 N–H and O–H groups in total. The van der Waals surface area contributed by atoms with Crippen LogP contribution in [-0.2, 0) is 0 Å². The summed E-state index contributed by atoms with van der Waals surface area (Å²) in [5.74, 6) is 1.16. The minimum Gasteiger partial charge on any atom is -0.493 e. The molecule has 0 aliphatic rings. The van der Waals surface area contributed by atoms with Gasteiger partial charge in [-0.25, -0.2) is 0 Å². The van der Waals surface area contributed by atoms with Crippen LogP contribution in [0.2, 0.25) is 0 Å². The molecule has 0 aliphatic carbocycles. The fourth-order valence-electron chi connectivity index (χ4n) is 2.04. The summed E-state index contributed by atoms with van der Waals surface area (Å²) < 4.78 is 11.3. The zero-order chi connectivity index (χ0) is 14.6. The van der Waals surface area contributed by atoms with E-state index < -0.39 is 0 Å². The van der Waals surface area contributed by atoms with Gasteiger partial charge in [-0.2, -0.15) is 5.26 Å². The molecule has 4 heteroatoms. The van der Waals surface area contributed by atoms with Crippen molar-refractivity contribution >= 4 is 0 Å². The maximum absolute atomic E-state index is 8.88. The van der Waals surface area contributed by atoms with E-state index in [1.165, 1.54) is 0 Å². The van der Waals surface area contributed by atoms with Crippen LogP contribution in [0.4, 0.5) is 0 Å². The van der Waals surface area contributed by atoms with Gasteiger partial charge < -0.3 is 15.2 Å². The molecule has 0 saturated heterocycles. The Bertz CT molecular complexity index is 470. The van der Waals surface area contributed by atoms with Crippen molar-refractivity contribution in [1.29, 1.82) is 5.26 Å². The molecular formula is C15H22N2O2. The number of hydrogen-bond donors (Lipinski definition) is 1. The minimum atomic E-state index is -0.144. The third-order valence-electron chi connectivity index (χ3n) is 2.88. The lowest BCUT2D eigenvalue weighted by Crippen LogP contribution is -2.45. The average molecular weight is 262 g/mol. The Morgan fingerprint density at radius 2 is 1.89 bits per heavy atom. The zero-order valence-electron chi connectivity index (χ0n) is 12.2. The Balaban J connectivity index is 3.07. The van der Waals surface area contributed by atoms with E-state index in [1.807, 2.05) is 6.92 Å². The lowest BCUT2D eigenvalue weighted by molar-refractivity contribution is 0.0657. The van der Waals surface area contributed by atoms with E-state index >= 15 is 0 Å². The number of hydrogen-bond acceptors (Lipinski definition) is 4. The van der Waals surface area contributed by atoms with Crippen LogP contribution in [0.5, 0.6) is 11.5 Å². The van der Waals surface area contributed by atoms with Crippen molar-refractivity contribution in [1.82, 2.24) is 0 Å². The normalized spacial score (nSPS) is 14.4. The first-order chi connectivity index (χ1) is 8.79. The number of nitriles is 1. The largest absolute Gasteiger partial charge is 0.493 e. The van der Waals surface area contributed by atoms with Crippen LogP contribution in [0.1, 0.15) is 33.3 Å². The topological polar surface area (TPSA) is 68.3 Å². The van der Waals surface area contributed by atoms with E-state index in [0.717, 1.165) is 0 Å². The minimum absolute atomic E-state index is 0.0902. The molecule has 104 valence electrons. The molecule has 0 radical (unpaired) electrons. The van der Waals surface area contributed by atoms with E-state index in [0.29, 0.717) is 17.1 Å². The van der Waals surface area contributed by atoms with Gasteiger partial charge >= 0.3 is 0 Å². The summed E-state index contributed by atoms with van der Waals surface area (Å²) in [4.78, 5) is 0. The lowest BCUT2D eigenvalue weighted by Gasteiger charge is -2.34. The Kier molecular flexibility index (Phi) is 4.79. The third-order valence-corrected chi connectivity index (χ3v) is 2.88. The van der Waals surface area contributed by atoms with Gasteiger partial charge in [-0.3, -0.25) is 0 Å². The molecule has 4 nitrogen and oxygen atoms in total. The lowest BCUT2D eigenvalue weighted by atomic mass is 9.85. The highest BCUT2D eigenvalue weighted by atomic mass is 16.5. The van der Waals surface area contributed by atoms with Crippen LogP contribution in [0, 0.1) is 16.7 Å². The zero-order valence-corrected chi connectivity index (χ0v) is 12.2. The number of ether oxygens (including phenoxy) is 2. The molecule has 0 bridgehead atoms. The van der Waals surface area contributed by atoms with E-state index in [2.05, 4.69) is 26.8 Å². The van der Waals surface area contributed by atoms with Crippen molar-refractivity contribution in [2.24, 2.45) is 11.1 Å². The highest BCUT2D eigenvalue weighted by molar-refractivity contribution is 5.46. The van der Waals surface area contributed by atoms with Gasteiger partial charge in [0.25, 0.3) is 0 Å². The van der Waals surface area contributed by atoms with Gasteiger partial charge in [0, 0.05) is 17.5 Å². The van der Waals surface area contributed by atoms with Gasteiger partial charge in [-0.05, 0) is 19.1 Å². The van der Waals surface area contributed by atoms with Gasteiger partial charge in [-0.15, -0.1) is 0 Å². The van der Waals surface area contributed by atoms with Crippen LogP contribution < -0.4 is 15.2 Å². The second kappa shape index (κ2) is 5.94. The summed E-state index contributed by atoms with van der Waals surface area (Å²) in [5, 5.41) is 8.88. The fourth-order valence-corrected chi connectivity index (χ4v) is 2.04. The van der Waals surface area contributed by atoms with Crippen LogP contribution in [0.25, 0.3) is 0 Å². The van der Waals surface area contributed by atoms with Crippen molar-refractivity contribution < 1.29 is 9.47 Å². The van der Waals surface area contributed by atoms with Crippen molar-refractivity contribution in [2.75, 3.05) is 7.11 Å². The van der Waals surface area contributed by atoms with Gasteiger partial charge in [0.15, 0.2) is 11.5 Å². The van der Waals surface area contributed by atoms with Crippen LogP contribution in [0.3, 0.4) is 0 Å². The Hall–Kier alpha value is -1.73. The molecule has 0 amide bonds. The van der Waals surface area contributed by atoms with E-state index in [1.54, 1.807) is 25.3 Å². The quantitative estimate of drug-likeness (QED) is 0.905. The molecule has 1 aromatic carbocycles. The van der Waals surface area contributed by atoms with Crippen LogP contribution in [-0.4, -0.2) is 19.3 Å². The predicted molar refractivity (Wildman–Crippen MR) is 75.2 cm³/mol. The number of benzene rings is 1. The second-order valence-corrected chi connectivity index (χ2v) is 5.74. The molecule has 0 spiro atoms. The number of nitrogens with two attached hydrogens (primary N) is 1. The Labute approximate surface area is 115 Å². The molecule has 2 unspecified atom stereocenters. The monoisotopic (exact) mass is 262 g/mol. The fraction of sp³-hybridized carbons (Fsp3) is 0.533. The smallest absolute Gasteiger partial charge is 0.162 e. The molecule has 0 aliphatic heterocycles. The molecular weight excluding hydrogens is 240 g/mol. The highest BCUT2D eigenvalue weighted by Gasteiger charge is 2.30. The van der Waals surface area contributed by atoms with E-state index in [4.69, 9.17) is 20.5 Å². The first-order valence-corrected chi connectivity index (χ1v) is 6.30. The summed E-state index contributed by atoms with van der Waals surface area (Å²) in [5.41, 5.74) is 6.45. The van der Waals surface area contributed by atoms with Crippen molar-refractivity contribution in [3.63, 3.8) is 0 Å². The predicted octanol–water partition coefficient (Wildman–Crippen LogP) is 2.71. The van der Waals surface area contributed by atoms with Crippen molar-refractivity contribution in [3.05, 3.63) is 23.8 Å². The van der Waals surface area contributed by atoms with Crippen molar-refractivity contribution in [2.45, 2.75) is 39.8 Å². The average Bonchev–Trinajstić information content (AvgIpc) is 2.33. The van der Waals surface area contributed by atoms with E-state index in [9.17, 15) is 0 Å². The summed E-state index contributed by atoms with van der Waals surface area (Å²) in [6.07, 6.45) is -0.144. The molecule has 0 heterocycles. The molecule has 0 saturated carbocycles. The molecule has 1 aromatic rings. The van der Waals surface area contributed by atoms with Gasteiger partial charge in [0.2, 0.25) is 0 Å². The summed E-state index contributed by atoms with van der Waals surface area (Å²) in [6, 6.07) is 7.08. The van der Waals surface area contributed by atoms with Gasteiger partial charge in [-0.1, -0.05) is 20.8 Å². The Morgan fingerprint density at radius 3 is 2.32 bits per heavy atom. The Morgan fingerprint density at radius 1 is 1.26 bits per heavy atom. The standard InChI is InChI=1S/C15H22N2O2/c1-10(17)14(15(2,3)4)19-12-7-6-11(9-16)8-13(12)18-5/h6-8,10,14H,17H2,1-5H3. The highest BCUT2D eigenvalue weighted by Crippen LogP contribution is 2.33. The third kappa shape index (κ3) is 3.87. The molecule has 19 heavy (non-hydrogen) atoms. The maximum Gasteiger partial charge on any atom is 0.162 e. The molecule has 2 atom stereocenters. The van der Waals surface area contributed by atoms with Gasteiger partial charge in [0.05, 0.1) is 18.7 Å². The van der Waals surface area contributed by atoms with Gasteiger partial charge in [0.1, 0.15) is 6.10 Å². The molecule has 0 aromatic heterocycles. The summed E-state index contributed by atoms with van der Waals surface area (Å²) in [7, 11) is 1.56. The SMILES string of the molecule is COc1cc(C#N)ccc1OC(C(C)N)C(C)(C)C. The molecule has 1 rings (SSSR count). The molecule has 0 fully saturated rings. The van der Waals surface area contributed by atoms with Crippen molar-refractivity contribution in [3.8, 4) is 17.6 Å².